The normalized spacial score (nSPS) is 14.1. The molecule has 8 heteroatoms. The molecule has 2 aromatic carbocycles. The maximum absolute atomic E-state index is 5.96. The highest BCUT2D eigenvalue weighted by Crippen LogP contribution is 2.25. The molecule has 0 aliphatic carbocycles. The summed E-state index contributed by atoms with van der Waals surface area (Å²) in [6.07, 6.45) is 2.85. The molecule has 0 saturated carbocycles. The number of nitrogens with one attached hydrogen (secondary N) is 3. The number of ether oxygens (including phenoxy) is 1. The minimum atomic E-state index is 0.580. The van der Waals surface area contributed by atoms with Gasteiger partial charge in [-0.05, 0) is 61.8 Å². The maximum atomic E-state index is 5.96. The molecule has 5 N–H and O–H groups in total. The van der Waals surface area contributed by atoms with Gasteiger partial charge in [0, 0.05) is 62.5 Å². The van der Waals surface area contributed by atoms with E-state index in [-0.39, 0.29) is 0 Å². The molecule has 37 heavy (non-hydrogen) atoms. The van der Waals surface area contributed by atoms with Crippen LogP contribution in [0.3, 0.4) is 0 Å². The molecule has 5 rings (SSSR count). The smallest absolute Gasteiger partial charge is 0.227 e. The van der Waals surface area contributed by atoms with Gasteiger partial charge < -0.3 is 26.4 Å². The lowest BCUT2D eigenvalue weighted by Gasteiger charge is -2.24. The lowest BCUT2D eigenvalue weighted by molar-refractivity contribution is 0.158. The first-order chi connectivity index (χ1) is 18.2. The third kappa shape index (κ3) is 9.09. The van der Waals surface area contributed by atoms with E-state index in [4.69, 9.17) is 15.5 Å². The zero-order valence-electron chi connectivity index (χ0n) is 22.6. The Labute approximate surface area is 222 Å². The minimum absolute atomic E-state index is 0.580. The molecular weight excluding hydrogens is 462 g/mol. The maximum Gasteiger partial charge on any atom is 0.227 e. The van der Waals surface area contributed by atoms with Gasteiger partial charge in [-0.25, -0.2) is 9.97 Å². The first kappa shape index (κ1) is 28.5. The van der Waals surface area contributed by atoms with E-state index in [1.807, 2.05) is 26.8 Å². The molecule has 2 aliphatic heterocycles. The van der Waals surface area contributed by atoms with Crippen molar-refractivity contribution in [1.29, 1.82) is 0 Å². The molecule has 0 radical (unpaired) electrons. The van der Waals surface area contributed by atoms with Gasteiger partial charge in [-0.15, -0.1) is 0 Å². The number of benzene rings is 2. The molecule has 0 fully saturated rings. The van der Waals surface area contributed by atoms with Crippen molar-refractivity contribution in [2.45, 2.75) is 40.3 Å². The summed E-state index contributed by atoms with van der Waals surface area (Å²) < 4.78 is 5.51. The van der Waals surface area contributed by atoms with Crippen LogP contribution in [0.4, 0.5) is 17.3 Å². The summed E-state index contributed by atoms with van der Waals surface area (Å²) in [6, 6.07) is 16.9. The zero-order valence-corrected chi connectivity index (χ0v) is 22.6. The third-order valence-electron chi connectivity index (χ3n) is 6.03. The predicted octanol–water partition coefficient (Wildman–Crippen LogP) is 4.62. The van der Waals surface area contributed by atoms with Crippen LogP contribution in [-0.4, -0.2) is 60.8 Å². The lowest BCUT2D eigenvalue weighted by atomic mass is 10.1. The van der Waals surface area contributed by atoms with E-state index in [2.05, 4.69) is 68.3 Å². The molecule has 1 aromatic heterocycles. The number of rotatable bonds is 7. The van der Waals surface area contributed by atoms with E-state index in [1.165, 1.54) is 11.1 Å². The third-order valence-corrected chi connectivity index (χ3v) is 6.03. The molecule has 0 unspecified atom stereocenters. The Bertz CT molecular complexity index is 1060. The molecule has 0 saturated heterocycles. The molecule has 2 aliphatic rings. The summed E-state index contributed by atoms with van der Waals surface area (Å²) >= 11 is 0. The van der Waals surface area contributed by atoms with Crippen molar-refractivity contribution in [3.8, 4) is 11.3 Å². The fourth-order valence-electron chi connectivity index (χ4n) is 4.23. The summed E-state index contributed by atoms with van der Waals surface area (Å²) in [6.45, 7) is 13.2. The van der Waals surface area contributed by atoms with Crippen molar-refractivity contribution in [2.24, 2.45) is 5.73 Å². The van der Waals surface area contributed by atoms with Gasteiger partial charge in [0.2, 0.25) is 5.95 Å². The topological polar surface area (TPSA) is 100 Å². The predicted molar refractivity (Wildman–Crippen MR) is 154 cm³/mol. The Morgan fingerprint density at radius 3 is 2.73 bits per heavy atom. The Kier molecular flexibility index (Phi) is 12.3. The molecule has 0 spiro atoms. The molecule has 3 aromatic rings. The second kappa shape index (κ2) is 15.9. The number of nitrogens with two attached hydrogens (primary N) is 1. The van der Waals surface area contributed by atoms with Gasteiger partial charge in [-0.3, -0.25) is 4.90 Å². The van der Waals surface area contributed by atoms with Crippen LogP contribution in [0.1, 0.15) is 38.3 Å². The van der Waals surface area contributed by atoms with Crippen molar-refractivity contribution >= 4 is 17.3 Å². The Balaban J connectivity index is 0.00000186. The van der Waals surface area contributed by atoms with Crippen LogP contribution in [0.25, 0.3) is 11.3 Å². The highest BCUT2D eigenvalue weighted by Gasteiger charge is 2.12. The van der Waals surface area contributed by atoms with E-state index in [0.29, 0.717) is 19.1 Å². The zero-order chi connectivity index (χ0) is 26.3. The van der Waals surface area contributed by atoms with Crippen LogP contribution >= 0.6 is 0 Å². The molecular formula is C29H43N7O. The fraction of sp³-hybridized carbons (Fsp3) is 0.448. The van der Waals surface area contributed by atoms with E-state index in [1.54, 1.807) is 6.20 Å². The van der Waals surface area contributed by atoms with E-state index in [9.17, 15) is 0 Å². The van der Waals surface area contributed by atoms with Crippen LogP contribution in [-0.2, 0) is 17.8 Å². The van der Waals surface area contributed by atoms with Crippen LogP contribution < -0.4 is 21.7 Å². The van der Waals surface area contributed by atoms with Crippen LogP contribution in [0, 0.1) is 0 Å². The highest BCUT2D eigenvalue weighted by atomic mass is 16.5. The molecule has 6 bridgehead atoms. The van der Waals surface area contributed by atoms with Crippen LogP contribution in [0.15, 0.2) is 54.7 Å². The van der Waals surface area contributed by atoms with Crippen LogP contribution in [0.2, 0.25) is 0 Å². The van der Waals surface area contributed by atoms with E-state index < -0.39 is 0 Å². The summed E-state index contributed by atoms with van der Waals surface area (Å²) in [5.74, 6) is 0.580. The number of fused-ring (bicyclic) bond motifs is 8. The number of nitrogens with zero attached hydrogens (tertiary/aromatic N) is 3. The highest BCUT2D eigenvalue weighted by molar-refractivity contribution is 5.65. The lowest BCUT2D eigenvalue weighted by Crippen LogP contribution is -2.32. The van der Waals surface area contributed by atoms with Gasteiger partial charge in [-0.2, -0.15) is 0 Å². The summed E-state index contributed by atoms with van der Waals surface area (Å²) in [5, 5.41) is 10.5. The number of anilines is 3. The van der Waals surface area contributed by atoms with Gasteiger partial charge in [0.25, 0.3) is 0 Å². The Morgan fingerprint density at radius 1 is 1.11 bits per heavy atom. The molecule has 0 atom stereocenters. The van der Waals surface area contributed by atoms with Crippen LogP contribution in [0.5, 0.6) is 0 Å². The largest absolute Gasteiger partial charge is 0.382 e. The van der Waals surface area contributed by atoms with Crippen molar-refractivity contribution in [2.75, 3.05) is 56.6 Å². The SMILES string of the molecule is CC.CCOCCNc1ccc2cc1CN(CCN)CCCNCc1ccc(cc1)-c1ccnc(n1)N2. The number of hydrogen-bond acceptors (Lipinski definition) is 8. The summed E-state index contributed by atoms with van der Waals surface area (Å²) in [5.41, 5.74) is 12.5. The van der Waals surface area contributed by atoms with Crippen molar-refractivity contribution in [3.05, 3.63) is 65.9 Å². The molecule has 3 heterocycles. The van der Waals surface area contributed by atoms with Gasteiger partial charge in [0.1, 0.15) is 0 Å². The van der Waals surface area contributed by atoms with Gasteiger partial charge in [0.05, 0.1) is 12.3 Å². The minimum Gasteiger partial charge on any atom is -0.382 e. The number of aromatic nitrogens is 2. The van der Waals surface area contributed by atoms with E-state index in [0.717, 1.165) is 74.9 Å². The fourth-order valence-corrected chi connectivity index (χ4v) is 4.23. The van der Waals surface area contributed by atoms with Gasteiger partial charge >= 0.3 is 0 Å². The van der Waals surface area contributed by atoms with Crippen molar-refractivity contribution in [3.63, 3.8) is 0 Å². The molecule has 200 valence electrons. The second-order valence-electron chi connectivity index (χ2n) is 8.68. The quantitative estimate of drug-likeness (QED) is 0.345. The molecule has 8 nitrogen and oxygen atoms in total. The average Bonchev–Trinajstić information content (AvgIpc) is 2.93. The molecule has 0 amide bonds. The summed E-state index contributed by atoms with van der Waals surface area (Å²) in [7, 11) is 0. The van der Waals surface area contributed by atoms with Crippen molar-refractivity contribution < 1.29 is 4.74 Å². The summed E-state index contributed by atoms with van der Waals surface area (Å²) in [4.78, 5) is 11.6. The van der Waals surface area contributed by atoms with E-state index >= 15 is 0 Å². The van der Waals surface area contributed by atoms with Crippen molar-refractivity contribution in [1.82, 2.24) is 20.2 Å². The number of hydrogen-bond donors (Lipinski definition) is 4. The monoisotopic (exact) mass is 505 g/mol. The first-order valence-corrected chi connectivity index (χ1v) is 13.5. The first-order valence-electron chi connectivity index (χ1n) is 13.5. The standard InChI is InChI=1S/C27H37N7O.C2H6/c1-2-35-17-14-30-25-9-8-24-18-23(25)20-34(16-11-28)15-3-12-29-19-21-4-6-22(7-5-21)26-10-13-31-27(32-24)33-26;1-2/h4-10,13,18,29-30H,2-3,11-12,14-17,19-20,28H2,1H3,(H,31,32,33);1-2H3. The Morgan fingerprint density at radius 2 is 1.95 bits per heavy atom. The van der Waals surface area contributed by atoms with Gasteiger partial charge in [-0.1, -0.05) is 38.1 Å². The second-order valence-corrected chi connectivity index (χ2v) is 8.68. The van der Waals surface area contributed by atoms with Gasteiger partial charge in [0.15, 0.2) is 0 Å². The average molecular weight is 506 g/mol. The Hall–Kier alpha value is -3.04.